The molecule has 0 bridgehead atoms. The molecule has 1 atom stereocenters. The summed E-state index contributed by atoms with van der Waals surface area (Å²) in [7, 11) is 0. The van der Waals surface area contributed by atoms with Crippen LogP contribution < -0.4 is 5.73 Å². The maximum Gasteiger partial charge on any atom is 0.226 e. The molecule has 0 aliphatic carbocycles. The van der Waals surface area contributed by atoms with E-state index in [1.165, 1.54) is 0 Å². The average molecular weight is 253 g/mol. The van der Waals surface area contributed by atoms with Crippen LogP contribution in [-0.4, -0.2) is 16.7 Å². The van der Waals surface area contributed by atoms with E-state index in [1.807, 2.05) is 0 Å². The Balaban J connectivity index is 2.57. The van der Waals surface area contributed by atoms with E-state index in [2.05, 4.69) is 44.8 Å². The van der Waals surface area contributed by atoms with Crippen molar-refractivity contribution in [2.45, 2.75) is 53.9 Å². The van der Waals surface area contributed by atoms with Crippen LogP contribution in [0, 0.1) is 17.3 Å². The molecule has 0 saturated heterocycles. The van der Waals surface area contributed by atoms with E-state index < -0.39 is 0 Å². The normalized spacial score (nSPS) is 14.2. The predicted molar refractivity (Wildman–Crippen MR) is 73.2 cm³/mol. The van der Waals surface area contributed by atoms with Gasteiger partial charge in [0.2, 0.25) is 5.89 Å². The standard InChI is InChI=1S/C14H27N3O/c1-10(2)6-11(9-15)7-13-16-12(17-18-13)8-14(3,4)5/h10-11H,6-9,15H2,1-5H3/t11-/m0/s1. The molecule has 0 unspecified atom stereocenters. The smallest absolute Gasteiger partial charge is 0.226 e. The number of nitrogens with zero attached hydrogens (tertiary/aromatic N) is 2. The monoisotopic (exact) mass is 253 g/mol. The van der Waals surface area contributed by atoms with E-state index in [0.29, 0.717) is 18.4 Å². The van der Waals surface area contributed by atoms with Crippen LogP contribution in [0.3, 0.4) is 0 Å². The van der Waals surface area contributed by atoms with Crippen molar-refractivity contribution >= 4 is 0 Å². The van der Waals surface area contributed by atoms with Gasteiger partial charge < -0.3 is 10.3 Å². The molecular weight excluding hydrogens is 226 g/mol. The molecular formula is C14H27N3O. The summed E-state index contributed by atoms with van der Waals surface area (Å²) in [6.45, 7) is 11.6. The van der Waals surface area contributed by atoms with E-state index >= 15 is 0 Å². The number of hydrogen-bond donors (Lipinski definition) is 1. The van der Waals surface area contributed by atoms with Gasteiger partial charge in [-0.3, -0.25) is 0 Å². The van der Waals surface area contributed by atoms with Crippen molar-refractivity contribution in [1.82, 2.24) is 10.1 Å². The van der Waals surface area contributed by atoms with E-state index in [1.54, 1.807) is 0 Å². The van der Waals surface area contributed by atoms with E-state index in [9.17, 15) is 0 Å². The van der Waals surface area contributed by atoms with Gasteiger partial charge in [-0.1, -0.05) is 39.8 Å². The second kappa shape index (κ2) is 6.32. The lowest BCUT2D eigenvalue weighted by atomic mass is 9.92. The Morgan fingerprint density at radius 1 is 1.28 bits per heavy atom. The molecule has 0 spiro atoms. The molecule has 0 saturated carbocycles. The summed E-state index contributed by atoms with van der Waals surface area (Å²) in [6.07, 6.45) is 2.74. The molecule has 0 radical (unpaired) electrons. The molecule has 1 aromatic heterocycles. The van der Waals surface area contributed by atoms with Crippen LogP contribution in [-0.2, 0) is 12.8 Å². The molecule has 0 aliphatic heterocycles. The average Bonchev–Trinajstić information content (AvgIpc) is 2.61. The van der Waals surface area contributed by atoms with E-state index in [4.69, 9.17) is 10.3 Å². The van der Waals surface area contributed by atoms with Crippen LogP contribution in [0.25, 0.3) is 0 Å². The molecule has 104 valence electrons. The van der Waals surface area contributed by atoms with Crippen molar-refractivity contribution in [3.63, 3.8) is 0 Å². The Morgan fingerprint density at radius 2 is 1.94 bits per heavy atom. The first-order valence-electron chi connectivity index (χ1n) is 6.81. The first-order valence-corrected chi connectivity index (χ1v) is 6.81. The fourth-order valence-electron chi connectivity index (χ4n) is 2.10. The highest BCUT2D eigenvalue weighted by Crippen LogP contribution is 2.20. The third-order valence-corrected chi connectivity index (χ3v) is 2.80. The summed E-state index contributed by atoms with van der Waals surface area (Å²) in [5, 5.41) is 4.04. The zero-order valence-corrected chi connectivity index (χ0v) is 12.4. The maximum absolute atomic E-state index is 5.79. The highest BCUT2D eigenvalue weighted by Gasteiger charge is 2.18. The van der Waals surface area contributed by atoms with Crippen molar-refractivity contribution in [2.24, 2.45) is 23.0 Å². The fourth-order valence-corrected chi connectivity index (χ4v) is 2.10. The number of nitrogens with two attached hydrogens (primary N) is 1. The van der Waals surface area contributed by atoms with Gasteiger partial charge in [0.05, 0.1) is 0 Å². The molecule has 0 fully saturated rings. The highest BCUT2D eigenvalue weighted by atomic mass is 16.5. The van der Waals surface area contributed by atoms with Gasteiger partial charge in [-0.15, -0.1) is 0 Å². The van der Waals surface area contributed by atoms with Crippen LogP contribution in [0.15, 0.2) is 4.52 Å². The molecule has 0 aromatic carbocycles. The van der Waals surface area contributed by atoms with Crippen molar-refractivity contribution < 1.29 is 4.52 Å². The molecule has 1 heterocycles. The molecule has 0 aliphatic rings. The molecule has 1 rings (SSSR count). The lowest BCUT2D eigenvalue weighted by molar-refractivity contribution is 0.324. The summed E-state index contributed by atoms with van der Waals surface area (Å²) in [4.78, 5) is 4.46. The van der Waals surface area contributed by atoms with Gasteiger partial charge in [0, 0.05) is 12.8 Å². The maximum atomic E-state index is 5.79. The number of aromatic nitrogens is 2. The summed E-state index contributed by atoms with van der Waals surface area (Å²) >= 11 is 0. The van der Waals surface area contributed by atoms with Gasteiger partial charge in [-0.25, -0.2) is 0 Å². The first kappa shape index (κ1) is 15.2. The second-order valence-corrected chi connectivity index (χ2v) is 6.78. The van der Waals surface area contributed by atoms with Gasteiger partial charge >= 0.3 is 0 Å². The summed E-state index contributed by atoms with van der Waals surface area (Å²) in [6, 6.07) is 0. The second-order valence-electron chi connectivity index (χ2n) is 6.78. The van der Waals surface area contributed by atoms with Crippen LogP contribution in [0.2, 0.25) is 0 Å². The Labute approximate surface area is 110 Å². The first-order chi connectivity index (χ1) is 8.30. The zero-order chi connectivity index (χ0) is 13.8. The zero-order valence-electron chi connectivity index (χ0n) is 12.4. The Kier molecular flexibility index (Phi) is 5.32. The highest BCUT2D eigenvalue weighted by molar-refractivity contribution is 4.91. The largest absolute Gasteiger partial charge is 0.339 e. The topological polar surface area (TPSA) is 64.9 Å². The molecule has 2 N–H and O–H groups in total. The quantitative estimate of drug-likeness (QED) is 0.846. The van der Waals surface area contributed by atoms with Gasteiger partial charge in [-0.05, 0) is 30.2 Å². The van der Waals surface area contributed by atoms with Gasteiger partial charge in [-0.2, -0.15) is 4.98 Å². The Bertz CT molecular complexity index is 352. The minimum atomic E-state index is 0.187. The minimum absolute atomic E-state index is 0.187. The molecule has 18 heavy (non-hydrogen) atoms. The van der Waals surface area contributed by atoms with Gasteiger partial charge in [0.25, 0.3) is 0 Å². The summed E-state index contributed by atoms with van der Waals surface area (Å²) in [5.74, 6) is 2.62. The number of rotatable bonds is 6. The van der Waals surface area contributed by atoms with Crippen LogP contribution >= 0.6 is 0 Å². The van der Waals surface area contributed by atoms with Gasteiger partial charge in [0.15, 0.2) is 5.82 Å². The lowest BCUT2D eigenvalue weighted by Gasteiger charge is -2.15. The van der Waals surface area contributed by atoms with Crippen LogP contribution in [0.4, 0.5) is 0 Å². The van der Waals surface area contributed by atoms with E-state index in [-0.39, 0.29) is 5.41 Å². The lowest BCUT2D eigenvalue weighted by Crippen LogP contribution is -2.19. The van der Waals surface area contributed by atoms with E-state index in [0.717, 1.165) is 31.0 Å². The molecule has 4 heteroatoms. The predicted octanol–water partition coefficient (Wildman–Crippen LogP) is 2.82. The summed E-state index contributed by atoms with van der Waals surface area (Å²) < 4.78 is 5.31. The van der Waals surface area contributed by atoms with Crippen LogP contribution in [0.1, 0.15) is 52.8 Å². The van der Waals surface area contributed by atoms with Crippen molar-refractivity contribution in [3.8, 4) is 0 Å². The van der Waals surface area contributed by atoms with Crippen molar-refractivity contribution in [2.75, 3.05) is 6.54 Å². The SMILES string of the molecule is CC(C)C[C@H](CN)Cc1nc(CC(C)(C)C)no1. The minimum Gasteiger partial charge on any atom is -0.339 e. The molecule has 4 nitrogen and oxygen atoms in total. The Morgan fingerprint density at radius 3 is 2.44 bits per heavy atom. The summed E-state index contributed by atoms with van der Waals surface area (Å²) in [5.41, 5.74) is 5.97. The third-order valence-electron chi connectivity index (χ3n) is 2.80. The third kappa shape index (κ3) is 5.63. The number of hydrogen-bond acceptors (Lipinski definition) is 4. The van der Waals surface area contributed by atoms with Crippen LogP contribution in [0.5, 0.6) is 0 Å². The molecule has 0 amide bonds. The van der Waals surface area contributed by atoms with Gasteiger partial charge in [0.1, 0.15) is 0 Å². The Hall–Kier alpha value is -0.900. The molecule has 1 aromatic rings. The van der Waals surface area contributed by atoms with Crippen molar-refractivity contribution in [3.05, 3.63) is 11.7 Å². The van der Waals surface area contributed by atoms with Crippen molar-refractivity contribution in [1.29, 1.82) is 0 Å². The fraction of sp³-hybridized carbons (Fsp3) is 0.857.